The summed E-state index contributed by atoms with van der Waals surface area (Å²) < 4.78 is 0. The van der Waals surface area contributed by atoms with Crippen LogP contribution in [0.3, 0.4) is 0 Å². The number of fused-ring (bicyclic) bond motifs is 1. The molecule has 1 aromatic carbocycles. The molecule has 17 heavy (non-hydrogen) atoms. The van der Waals surface area contributed by atoms with Gasteiger partial charge >= 0.3 is 0 Å². The first-order chi connectivity index (χ1) is 8.10. The zero-order valence-electron chi connectivity index (χ0n) is 9.95. The predicted molar refractivity (Wildman–Crippen MR) is 66.6 cm³/mol. The number of amides is 1. The molecule has 0 saturated heterocycles. The molecule has 0 aliphatic heterocycles. The molecule has 0 spiro atoms. The van der Waals surface area contributed by atoms with Crippen LogP contribution in [-0.4, -0.2) is 29.0 Å². The Bertz CT molecular complexity index is 546. The van der Waals surface area contributed by atoms with E-state index >= 15 is 0 Å². The van der Waals surface area contributed by atoms with Gasteiger partial charge in [0.15, 0.2) is 0 Å². The van der Waals surface area contributed by atoms with Crippen LogP contribution in [-0.2, 0) is 11.2 Å². The highest BCUT2D eigenvalue weighted by atomic mass is 16.2. The maximum Gasteiger partial charge on any atom is 0.237 e. The minimum absolute atomic E-state index is 0.147. The van der Waals surface area contributed by atoms with E-state index in [0.29, 0.717) is 6.42 Å². The van der Waals surface area contributed by atoms with Crippen LogP contribution in [0.1, 0.15) is 11.4 Å². The molecule has 0 bridgehead atoms. The Hall–Kier alpha value is -1.88. The molecule has 1 aromatic heterocycles. The monoisotopic (exact) mass is 232 g/mol. The summed E-state index contributed by atoms with van der Waals surface area (Å²) >= 11 is 0. The molecule has 0 aliphatic carbocycles. The third kappa shape index (κ3) is 2.45. The number of nitrogens with one attached hydrogen (secondary N) is 2. The van der Waals surface area contributed by atoms with Gasteiger partial charge < -0.3 is 16.0 Å². The number of nitrogens with zero attached hydrogens (tertiary/aromatic N) is 1. The van der Waals surface area contributed by atoms with Crippen molar-refractivity contribution in [2.45, 2.75) is 19.4 Å². The quantitative estimate of drug-likeness (QED) is 0.720. The average molecular weight is 232 g/mol. The zero-order valence-corrected chi connectivity index (χ0v) is 9.95. The van der Waals surface area contributed by atoms with Crippen molar-refractivity contribution in [2.24, 2.45) is 5.73 Å². The van der Waals surface area contributed by atoms with Crippen LogP contribution in [0.25, 0.3) is 11.0 Å². The van der Waals surface area contributed by atoms with Gasteiger partial charge in [0.25, 0.3) is 0 Å². The van der Waals surface area contributed by atoms with E-state index in [1.54, 1.807) is 7.05 Å². The summed E-state index contributed by atoms with van der Waals surface area (Å²) in [6, 6.07) is 5.36. The number of H-pyrrole nitrogens is 1. The second-order valence-corrected chi connectivity index (χ2v) is 4.10. The molecule has 0 aliphatic rings. The lowest BCUT2D eigenvalue weighted by molar-refractivity contribution is -0.121. The molecule has 5 nitrogen and oxygen atoms in total. The highest BCUT2D eigenvalue weighted by Gasteiger charge is 2.12. The second-order valence-electron chi connectivity index (χ2n) is 4.10. The number of hydrogen-bond acceptors (Lipinski definition) is 3. The van der Waals surface area contributed by atoms with Crippen LogP contribution < -0.4 is 11.1 Å². The van der Waals surface area contributed by atoms with Crippen molar-refractivity contribution in [3.63, 3.8) is 0 Å². The number of rotatable bonds is 3. The van der Waals surface area contributed by atoms with E-state index in [0.717, 1.165) is 22.4 Å². The lowest BCUT2D eigenvalue weighted by atomic mass is 10.1. The Morgan fingerprint density at radius 3 is 3.06 bits per heavy atom. The predicted octanol–water partition coefficient (Wildman–Crippen LogP) is 0.487. The van der Waals surface area contributed by atoms with E-state index in [1.807, 2.05) is 25.1 Å². The number of imidazole rings is 1. The summed E-state index contributed by atoms with van der Waals surface area (Å²) in [5.41, 5.74) is 8.70. The van der Waals surface area contributed by atoms with Gasteiger partial charge in [-0.2, -0.15) is 0 Å². The molecule has 0 fully saturated rings. The van der Waals surface area contributed by atoms with Crippen LogP contribution in [0.5, 0.6) is 0 Å². The standard InChI is InChI=1S/C12H16N4O/c1-7-15-10-4-3-8(6-11(10)16-7)5-9(13)12(17)14-2/h3-4,6,9H,5,13H2,1-2H3,(H,14,17)(H,15,16). The Morgan fingerprint density at radius 2 is 2.35 bits per heavy atom. The summed E-state index contributed by atoms with van der Waals surface area (Å²) in [4.78, 5) is 18.8. The zero-order chi connectivity index (χ0) is 12.4. The molecule has 90 valence electrons. The molecule has 5 heteroatoms. The van der Waals surface area contributed by atoms with Crippen molar-refractivity contribution >= 4 is 16.9 Å². The molecule has 2 aromatic rings. The van der Waals surface area contributed by atoms with Gasteiger partial charge in [0.2, 0.25) is 5.91 Å². The topological polar surface area (TPSA) is 83.8 Å². The van der Waals surface area contributed by atoms with Crippen LogP contribution in [0.2, 0.25) is 0 Å². The van der Waals surface area contributed by atoms with Crippen LogP contribution in [0.15, 0.2) is 18.2 Å². The highest BCUT2D eigenvalue weighted by molar-refractivity contribution is 5.82. The maximum absolute atomic E-state index is 11.3. The second kappa shape index (κ2) is 4.55. The Balaban J connectivity index is 2.21. The normalized spacial score (nSPS) is 12.6. The molecular weight excluding hydrogens is 216 g/mol. The molecular formula is C12H16N4O. The molecule has 0 saturated carbocycles. The van der Waals surface area contributed by atoms with Gasteiger partial charge in [0, 0.05) is 7.05 Å². The van der Waals surface area contributed by atoms with Gasteiger partial charge in [-0.25, -0.2) is 4.98 Å². The minimum Gasteiger partial charge on any atom is -0.358 e. The van der Waals surface area contributed by atoms with Gasteiger partial charge in [0.05, 0.1) is 17.1 Å². The Morgan fingerprint density at radius 1 is 1.59 bits per heavy atom. The summed E-state index contributed by atoms with van der Waals surface area (Å²) in [5, 5.41) is 2.54. The minimum atomic E-state index is -0.513. The summed E-state index contributed by atoms with van der Waals surface area (Å²) in [7, 11) is 1.59. The number of aromatic nitrogens is 2. The fourth-order valence-corrected chi connectivity index (χ4v) is 1.84. The van der Waals surface area contributed by atoms with Gasteiger partial charge in [-0.1, -0.05) is 6.07 Å². The number of benzene rings is 1. The molecule has 2 rings (SSSR count). The van der Waals surface area contributed by atoms with E-state index in [4.69, 9.17) is 5.73 Å². The molecule has 1 heterocycles. The van der Waals surface area contributed by atoms with Crippen molar-refractivity contribution < 1.29 is 4.79 Å². The van der Waals surface area contributed by atoms with Crippen molar-refractivity contribution in [2.75, 3.05) is 7.05 Å². The van der Waals surface area contributed by atoms with Crippen molar-refractivity contribution in [1.29, 1.82) is 0 Å². The highest BCUT2D eigenvalue weighted by Crippen LogP contribution is 2.14. The van der Waals surface area contributed by atoms with E-state index in [1.165, 1.54) is 0 Å². The third-order valence-corrected chi connectivity index (χ3v) is 2.70. The van der Waals surface area contributed by atoms with E-state index in [-0.39, 0.29) is 5.91 Å². The summed E-state index contributed by atoms with van der Waals surface area (Å²) in [6.45, 7) is 1.91. The Kier molecular flexibility index (Phi) is 3.10. The van der Waals surface area contributed by atoms with E-state index in [9.17, 15) is 4.79 Å². The third-order valence-electron chi connectivity index (χ3n) is 2.70. The smallest absolute Gasteiger partial charge is 0.237 e. The number of carbonyl (C=O) groups excluding carboxylic acids is 1. The number of aromatic amines is 1. The van der Waals surface area contributed by atoms with Crippen molar-refractivity contribution in [3.8, 4) is 0 Å². The first-order valence-corrected chi connectivity index (χ1v) is 5.52. The molecule has 0 radical (unpaired) electrons. The lowest BCUT2D eigenvalue weighted by Crippen LogP contribution is -2.40. The van der Waals surface area contributed by atoms with Crippen molar-refractivity contribution in [3.05, 3.63) is 29.6 Å². The van der Waals surface area contributed by atoms with Gasteiger partial charge in [-0.05, 0) is 31.0 Å². The molecule has 1 atom stereocenters. The number of carbonyl (C=O) groups is 1. The number of likely N-dealkylation sites (N-methyl/N-ethyl adjacent to an activating group) is 1. The largest absolute Gasteiger partial charge is 0.358 e. The SMILES string of the molecule is CNC(=O)C(N)Cc1ccc2nc(C)[nH]c2c1. The van der Waals surface area contributed by atoms with Crippen LogP contribution in [0, 0.1) is 6.92 Å². The lowest BCUT2D eigenvalue weighted by Gasteiger charge is -2.09. The van der Waals surface area contributed by atoms with Crippen LogP contribution >= 0.6 is 0 Å². The molecule has 1 unspecified atom stereocenters. The van der Waals surface area contributed by atoms with Crippen molar-refractivity contribution in [1.82, 2.24) is 15.3 Å². The average Bonchev–Trinajstić information content (AvgIpc) is 2.67. The molecule has 4 N–H and O–H groups in total. The molecule has 1 amide bonds. The van der Waals surface area contributed by atoms with Gasteiger partial charge in [-0.15, -0.1) is 0 Å². The number of hydrogen-bond donors (Lipinski definition) is 3. The fourth-order valence-electron chi connectivity index (χ4n) is 1.84. The summed E-state index contributed by atoms with van der Waals surface area (Å²) in [5.74, 6) is 0.735. The van der Waals surface area contributed by atoms with Gasteiger partial charge in [-0.3, -0.25) is 4.79 Å². The number of nitrogens with two attached hydrogens (primary N) is 1. The Labute approximate surface area is 99.4 Å². The number of aryl methyl sites for hydroxylation is 1. The fraction of sp³-hybridized carbons (Fsp3) is 0.333. The first kappa shape index (κ1) is 11.6. The maximum atomic E-state index is 11.3. The van der Waals surface area contributed by atoms with E-state index in [2.05, 4.69) is 15.3 Å². The first-order valence-electron chi connectivity index (χ1n) is 5.52. The van der Waals surface area contributed by atoms with Gasteiger partial charge in [0.1, 0.15) is 5.82 Å². The van der Waals surface area contributed by atoms with Crippen LogP contribution in [0.4, 0.5) is 0 Å². The summed E-state index contributed by atoms with van der Waals surface area (Å²) in [6.07, 6.45) is 0.522. The van der Waals surface area contributed by atoms with E-state index < -0.39 is 6.04 Å².